The summed E-state index contributed by atoms with van der Waals surface area (Å²) in [6.45, 7) is 10.5. The van der Waals surface area contributed by atoms with Gasteiger partial charge in [-0.05, 0) is 40.5 Å². The Morgan fingerprint density at radius 1 is 0.705 bits per heavy atom. The second-order valence-corrected chi connectivity index (χ2v) is 11.6. The van der Waals surface area contributed by atoms with Crippen molar-refractivity contribution in [2.75, 3.05) is 13.1 Å². The lowest BCUT2D eigenvalue weighted by atomic mass is 10.0. The fourth-order valence-corrected chi connectivity index (χ4v) is 3.64. The molecule has 2 aliphatic rings. The number of hydrogen-bond donors (Lipinski definition) is 4. The van der Waals surface area contributed by atoms with Crippen molar-refractivity contribution in [3.8, 4) is 0 Å². The quantitative estimate of drug-likeness (QED) is 0.181. The third-order valence-electron chi connectivity index (χ3n) is 4.80. The van der Waals surface area contributed by atoms with E-state index in [4.69, 9.17) is 16.8 Å². The van der Waals surface area contributed by atoms with Gasteiger partial charge in [-0.15, -0.1) is 10.2 Å². The van der Waals surface area contributed by atoms with Gasteiger partial charge in [-0.2, -0.15) is 62.6 Å². The Labute approximate surface area is 255 Å². The lowest BCUT2D eigenvalue weighted by Gasteiger charge is -2.25. The molecule has 248 valence electrons. The van der Waals surface area contributed by atoms with Crippen LogP contribution >= 0.6 is 0 Å². The fraction of sp³-hybridized carbons (Fsp3) is 0.556. The van der Waals surface area contributed by atoms with Gasteiger partial charge in [-0.25, -0.2) is 10.2 Å². The van der Waals surface area contributed by atoms with Crippen LogP contribution in [-0.4, -0.2) is 88.2 Å². The number of rotatable bonds is 6. The highest BCUT2D eigenvalue weighted by Gasteiger charge is 2.29. The smallest absolute Gasteiger partial charge is 0.370 e. The van der Waals surface area contributed by atoms with E-state index in [2.05, 4.69) is 80.9 Å². The van der Waals surface area contributed by atoms with Crippen molar-refractivity contribution in [1.82, 2.24) is 41.0 Å². The number of nitrogens with one attached hydrogen (secondary N) is 4. The lowest BCUT2D eigenvalue weighted by Crippen LogP contribution is -2.31. The van der Waals surface area contributed by atoms with Gasteiger partial charge in [-0.3, -0.25) is 0 Å². The second-order valence-electron chi connectivity index (χ2n) is 8.81. The Hall–Kier alpha value is -3.78. The van der Waals surface area contributed by atoms with Crippen molar-refractivity contribution < 1.29 is 50.2 Å². The number of aromatic nitrogens is 6. The molecule has 0 atom stereocenters. The molecule has 0 unspecified atom stereocenters. The van der Waals surface area contributed by atoms with Gasteiger partial charge in [0.25, 0.3) is 0 Å². The van der Waals surface area contributed by atoms with Gasteiger partial charge in [0.1, 0.15) is 11.1 Å². The van der Waals surface area contributed by atoms with E-state index in [1.165, 1.54) is 21.6 Å². The number of hydrogen-bond acceptors (Lipinski definition) is 16. The van der Waals surface area contributed by atoms with Crippen molar-refractivity contribution in [2.24, 2.45) is 10.2 Å². The first kappa shape index (κ1) is 40.2. The summed E-state index contributed by atoms with van der Waals surface area (Å²) < 4.78 is 120. The molecule has 4 rings (SSSR count). The van der Waals surface area contributed by atoms with E-state index in [0.29, 0.717) is 0 Å². The highest BCUT2D eigenvalue weighted by atomic mass is 32.3. The van der Waals surface area contributed by atoms with Gasteiger partial charge in [-0.1, -0.05) is 19.9 Å². The molecule has 0 aliphatic carbocycles. The fourth-order valence-electron chi connectivity index (χ4n) is 2.95. The SMILES string of the molecule is CC(C)(N=NC(C)(C)C1=CCCN1)C1=CCCN1.O=S(=O)(F)c1n[nH]c(F)n1.O=S(=O)(F)c1n[nH]c(F)n1.O=S=O.O=S=O. The summed E-state index contributed by atoms with van der Waals surface area (Å²) >= 11 is -1.50. The zero-order valence-electron chi connectivity index (χ0n) is 23.1. The molecule has 26 heteroatoms. The Balaban J connectivity index is 0.000000609. The van der Waals surface area contributed by atoms with Crippen molar-refractivity contribution >= 4 is 43.6 Å². The first-order valence-corrected chi connectivity index (χ1v) is 15.6. The maximum absolute atomic E-state index is 11.8. The predicted molar refractivity (Wildman–Crippen MR) is 142 cm³/mol. The van der Waals surface area contributed by atoms with Gasteiger partial charge in [0.2, 0.25) is 0 Å². The van der Waals surface area contributed by atoms with Crippen LogP contribution in [-0.2, 0) is 43.6 Å². The summed E-state index contributed by atoms with van der Waals surface area (Å²) in [6.07, 6.45) is 4.14. The molecule has 0 amide bonds. The van der Waals surface area contributed by atoms with Crippen LogP contribution in [0.15, 0.2) is 44.1 Å². The van der Waals surface area contributed by atoms with Crippen molar-refractivity contribution in [3.63, 3.8) is 0 Å². The molecule has 2 aromatic rings. The number of azo groups is 1. The van der Waals surface area contributed by atoms with Gasteiger partial charge in [0.15, 0.2) is 0 Å². The number of nitrogens with zero attached hydrogens (tertiary/aromatic N) is 6. The molecule has 0 radical (unpaired) electrons. The number of aromatic amines is 2. The van der Waals surface area contributed by atoms with E-state index >= 15 is 0 Å². The number of H-pyrrole nitrogens is 2. The maximum Gasteiger partial charge on any atom is 0.370 e. The summed E-state index contributed by atoms with van der Waals surface area (Å²) in [5.74, 6) is 0. The number of halogens is 4. The standard InChI is InChI=1S/C14H24N4.2C2HF2N3O2S.2O2S/c1-13(2,11-7-5-9-15-11)17-18-14(3,4)12-8-6-10-16-12;2*3-1-5-2(7-6-1)10(4,8)9;2*1-3-2/h7-8,15-16H,5-6,9-10H2,1-4H3;2*(H,5,6,7);;. The second kappa shape index (κ2) is 18.1. The Morgan fingerprint density at radius 3 is 1.16 bits per heavy atom. The normalized spacial score (nSPS) is 14.4. The average molecular weight is 715 g/mol. The highest BCUT2D eigenvalue weighted by molar-refractivity contribution is 7.86. The average Bonchev–Trinajstić information content (AvgIpc) is 3.72. The van der Waals surface area contributed by atoms with Gasteiger partial charge in [0, 0.05) is 24.5 Å². The highest BCUT2D eigenvalue weighted by Crippen LogP contribution is 2.27. The first-order valence-electron chi connectivity index (χ1n) is 11.5. The summed E-state index contributed by atoms with van der Waals surface area (Å²) in [5, 5.41) is 22.0. The molecule has 0 aromatic carbocycles. The molecule has 0 saturated carbocycles. The minimum atomic E-state index is -4.98. The van der Waals surface area contributed by atoms with Gasteiger partial charge >= 0.3 is 66.1 Å². The third-order valence-corrected chi connectivity index (χ3v) is 6.03. The molecule has 4 N–H and O–H groups in total. The van der Waals surface area contributed by atoms with E-state index in [1.54, 1.807) is 0 Å². The van der Waals surface area contributed by atoms with Crippen LogP contribution in [0.1, 0.15) is 40.5 Å². The van der Waals surface area contributed by atoms with Crippen LogP contribution in [0.25, 0.3) is 0 Å². The Bertz CT molecular complexity index is 1490. The van der Waals surface area contributed by atoms with E-state index in [9.17, 15) is 33.4 Å². The molecule has 0 saturated heterocycles. The predicted octanol–water partition coefficient (Wildman–Crippen LogP) is 0.614. The van der Waals surface area contributed by atoms with Crippen molar-refractivity contribution in [1.29, 1.82) is 0 Å². The van der Waals surface area contributed by atoms with Crippen molar-refractivity contribution in [3.05, 3.63) is 35.7 Å². The molecular formula is C18H26F4N10O8S4. The summed E-state index contributed by atoms with van der Waals surface area (Å²) in [7, 11) is -9.95. The van der Waals surface area contributed by atoms with Crippen LogP contribution in [0.2, 0.25) is 0 Å². The van der Waals surface area contributed by atoms with E-state index < -0.39 is 66.1 Å². The largest absolute Gasteiger partial charge is 0.386 e. The molecule has 4 heterocycles. The molecule has 18 nitrogen and oxygen atoms in total. The van der Waals surface area contributed by atoms with Crippen molar-refractivity contribution in [2.45, 2.75) is 61.9 Å². The first-order chi connectivity index (χ1) is 20.2. The molecular weight excluding hydrogens is 689 g/mol. The van der Waals surface area contributed by atoms with E-state index in [0.717, 1.165) is 25.9 Å². The summed E-state index contributed by atoms with van der Waals surface area (Å²) in [6, 6.07) is 0. The van der Waals surface area contributed by atoms with Crippen LogP contribution in [0.5, 0.6) is 0 Å². The molecule has 0 spiro atoms. The van der Waals surface area contributed by atoms with E-state index in [-0.39, 0.29) is 11.1 Å². The maximum atomic E-state index is 11.8. The lowest BCUT2D eigenvalue weighted by molar-refractivity contribution is 0.470. The Morgan fingerprint density at radius 2 is 1.00 bits per heavy atom. The molecule has 0 bridgehead atoms. The molecule has 44 heavy (non-hydrogen) atoms. The van der Waals surface area contributed by atoms with Crippen LogP contribution in [0, 0.1) is 12.2 Å². The minimum Gasteiger partial charge on any atom is -0.386 e. The van der Waals surface area contributed by atoms with Crippen LogP contribution in [0.4, 0.5) is 16.6 Å². The molecule has 2 aliphatic heterocycles. The van der Waals surface area contributed by atoms with Crippen LogP contribution < -0.4 is 10.6 Å². The van der Waals surface area contributed by atoms with Gasteiger partial charge in [0.05, 0.1) is 0 Å². The van der Waals surface area contributed by atoms with Crippen LogP contribution in [0.3, 0.4) is 0 Å². The summed E-state index contributed by atoms with van der Waals surface area (Å²) in [5.41, 5.74) is 1.87. The molecule has 0 fully saturated rings. The monoisotopic (exact) mass is 714 g/mol. The summed E-state index contributed by atoms with van der Waals surface area (Å²) in [4.78, 5) is 5.17. The topological polar surface area (TPSA) is 268 Å². The zero-order valence-corrected chi connectivity index (χ0v) is 26.3. The minimum absolute atomic E-state index is 0.257. The zero-order chi connectivity index (χ0) is 34.2. The molecule has 2 aromatic heterocycles. The third kappa shape index (κ3) is 15.1. The van der Waals surface area contributed by atoms with Gasteiger partial charge < -0.3 is 10.6 Å². The Kier molecular flexibility index (Phi) is 16.6. The van der Waals surface area contributed by atoms with E-state index in [1.807, 2.05) is 0 Å².